The Kier molecular flexibility index (Phi) is 6.51. The molecular formula is C26H23FN2O3S. The van der Waals surface area contributed by atoms with Crippen molar-refractivity contribution in [3.8, 4) is 0 Å². The second kappa shape index (κ2) is 9.50. The molecule has 1 aliphatic rings. The van der Waals surface area contributed by atoms with E-state index in [2.05, 4.69) is 16.6 Å². The van der Waals surface area contributed by atoms with Gasteiger partial charge in [0.25, 0.3) is 10.0 Å². The Balaban J connectivity index is 1.70. The van der Waals surface area contributed by atoms with Crippen molar-refractivity contribution in [1.82, 2.24) is 0 Å². The van der Waals surface area contributed by atoms with Crippen LogP contribution in [0.5, 0.6) is 0 Å². The number of Topliss-reactive ketones (excluding diaryl/α,β-unsaturated/α-hetero) is 1. The highest BCUT2D eigenvalue weighted by Crippen LogP contribution is 2.25. The number of nitrogens with one attached hydrogen (secondary N) is 1. The van der Waals surface area contributed by atoms with Gasteiger partial charge >= 0.3 is 0 Å². The first-order valence-corrected chi connectivity index (χ1v) is 12.1. The lowest BCUT2D eigenvalue weighted by molar-refractivity contribution is 0.103. The minimum absolute atomic E-state index is 0.128. The number of sulfonamides is 1. The lowest BCUT2D eigenvalue weighted by Crippen LogP contribution is -2.22. The summed E-state index contributed by atoms with van der Waals surface area (Å²) in [5.41, 5.74) is 3.07. The number of allylic oxidation sites excluding steroid dienone is 2. The van der Waals surface area contributed by atoms with Crippen molar-refractivity contribution in [2.45, 2.75) is 31.1 Å². The number of carbonyl (C=O) groups excluding carboxylic acids is 1. The van der Waals surface area contributed by atoms with Crippen LogP contribution in [-0.4, -0.2) is 19.9 Å². The zero-order valence-corrected chi connectivity index (χ0v) is 18.9. The molecule has 1 N–H and O–H groups in total. The van der Waals surface area contributed by atoms with E-state index in [4.69, 9.17) is 0 Å². The number of ketones is 1. The predicted octanol–water partition coefficient (Wildman–Crippen LogP) is 5.54. The fourth-order valence-electron chi connectivity index (χ4n) is 3.58. The molecule has 3 aromatic rings. The van der Waals surface area contributed by atoms with Crippen LogP contribution in [0.4, 0.5) is 10.1 Å². The smallest absolute Gasteiger partial charge is 0.282 e. The highest BCUT2D eigenvalue weighted by atomic mass is 32.2. The number of nitrogens with zero attached hydrogens (tertiary/aromatic N) is 1. The van der Waals surface area contributed by atoms with Gasteiger partial charge in [0.2, 0.25) is 5.78 Å². The average Bonchev–Trinajstić information content (AvgIpc) is 2.82. The Labute approximate surface area is 192 Å². The molecule has 0 saturated carbocycles. The molecule has 5 nitrogen and oxygen atoms in total. The van der Waals surface area contributed by atoms with Gasteiger partial charge in [-0.3, -0.25) is 4.79 Å². The molecule has 3 aromatic carbocycles. The largest absolute Gasteiger partial charge is 0.352 e. The summed E-state index contributed by atoms with van der Waals surface area (Å²) in [6, 6.07) is 19.0. The number of rotatable bonds is 7. The molecule has 0 unspecified atom stereocenters. The zero-order valence-electron chi connectivity index (χ0n) is 18.1. The summed E-state index contributed by atoms with van der Waals surface area (Å²) in [7, 11) is -4.11. The van der Waals surface area contributed by atoms with E-state index in [0.717, 1.165) is 49.2 Å². The molecule has 0 spiro atoms. The second-order valence-corrected chi connectivity index (χ2v) is 9.37. The molecule has 4 rings (SSSR count). The van der Waals surface area contributed by atoms with Crippen LogP contribution < -0.4 is 5.32 Å². The van der Waals surface area contributed by atoms with Crippen LogP contribution in [0.25, 0.3) is 0 Å². The van der Waals surface area contributed by atoms with E-state index in [-0.39, 0.29) is 22.1 Å². The number of aryl methyl sites for hydroxylation is 1. The molecule has 0 saturated heterocycles. The first-order chi connectivity index (χ1) is 15.9. The first kappa shape index (κ1) is 22.6. The van der Waals surface area contributed by atoms with Crippen LogP contribution in [0.15, 0.2) is 93.9 Å². The van der Waals surface area contributed by atoms with Gasteiger partial charge in [0.05, 0.1) is 16.3 Å². The van der Waals surface area contributed by atoms with Crippen molar-refractivity contribution in [2.24, 2.45) is 4.40 Å². The summed E-state index contributed by atoms with van der Waals surface area (Å²) in [4.78, 5) is 12.9. The Bertz CT molecular complexity index is 1340. The standard InChI is InChI=1S/C26H23FN2O3S/c1-2-3-6-18-9-13-20(14-10-18)28-25-17-24(22-7-4-5-8-23(22)26(25)30)29-33(31,32)21-15-11-19(27)12-16-21/h4-5,7-17,28H,2-3,6H2,1H3. The van der Waals surface area contributed by atoms with Gasteiger partial charge in [0.15, 0.2) is 0 Å². The maximum atomic E-state index is 13.2. The van der Waals surface area contributed by atoms with E-state index in [1.165, 1.54) is 11.6 Å². The van der Waals surface area contributed by atoms with Crippen molar-refractivity contribution in [3.05, 3.63) is 107 Å². The maximum Gasteiger partial charge on any atom is 0.282 e. The molecule has 1 aliphatic carbocycles. The van der Waals surface area contributed by atoms with Crippen molar-refractivity contribution in [2.75, 3.05) is 5.32 Å². The molecule has 0 aromatic heterocycles. The Morgan fingerprint density at radius 2 is 1.58 bits per heavy atom. The van der Waals surface area contributed by atoms with Crippen LogP contribution in [0.1, 0.15) is 41.3 Å². The summed E-state index contributed by atoms with van der Waals surface area (Å²) >= 11 is 0. The highest BCUT2D eigenvalue weighted by Gasteiger charge is 2.26. The number of unbranched alkanes of at least 4 members (excludes halogenated alkanes) is 1. The monoisotopic (exact) mass is 462 g/mol. The number of anilines is 1. The third-order valence-corrected chi connectivity index (χ3v) is 6.66. The predicted molar refractivity (Wildman–Crippen MR) is 128 cm³/mol. The van der Waals surface area contributed by atoms with Gasteiger partial charge in [-0.15, -0.1) is 0 Å². The van der Waals surface area contributed by atoms with E-state index in [1.807, 2.05) is 24.3 Å². The summed E-state index contributed by atoms with van der Waals surface area (Å²) < 4.78 is 42.9. The molecule has 0 heterocycles. The first-order valence-electron chi connectivity index (χ1n) is 10.7. The van der Waals surface area contributed by atoms with E-state index in [0.29, 0.717) is 11.1 Å². The minimum atomic E-state index is -4.11. The summed E-state index contributed by atoms with van der Waals surface area (Å²) in [5.74, 6) is -0.791. The zero-order chi connectivity index (χ0) is 23.4. The second-order valence-electron chi connectivity index (χ2n) is 7.76. The molecule has 7 heteroatoms. The molecule has 0 aliphatic heterocycles. The van der Waals surface area contributed by atoms with Gasteiger partial charge in [-0.25, -0.2) is 4.39 Å². The van der Waals surface area contributed by atoms with E-state index < -0.39 is 15.8 Å². The van der Waals surface area contributed by atoms with Gasteiger partial charge < -0.3 is 5.32 Å². The number of hydrogen-bond donors (Lipinski definition) is 1. The number of carbonyl (C=O) groups is 1. The Morgan fingerprint density at radius 1 is 0.909 bits per heavy atom. The van der Waals surface area contributed by atoms with Gasteiger partial charge in [-0.2, -0.15) is 12.8 Å². The van der Waals surface area contributed by atoms with Gasteiger partial charge in [0.1, 0.15) is 5.82 Å². The maximum absolute atomic E-state index is 13.2. The lowest BCUT2D eigenvalue weighted by Gasteiger charge is -2.19. The van der Waals surface area contributed by atoms with Crippen molar-refractivity contribution >= 4 is 27.2 Å². The molecule has 0 radical (unpaired) electrons. The quantitative estimate of drug-likeness (QED) is 0.500. The molecule has 33 heavy (non-hydrogen) atoms. The molecule has 0 atom stereocenters. The van der Waals surface area contributed by atoms with Gasteiger partial charge in [-0.05, 0) is 60.9 Å². The topological polar surface area (TPSA) is 75.6 Å². The number of hydrogen-bond acceptors (Lipinski definition) is 4. The van der Waals surface area contributed by atoms with E-state index >= 15 is 0 Å². The molecule has 0 amide bonds. The van der Waals surface area contributed by atoms with E-state index in [9.17, 15) is 17.6 Å². The molecule has 0 fully saturated rings. The van der Waals surface area contributed by atoms with Crippen molar-refractivity contribution < 1.29 is 17.6 Å². The highest BCUT2D eigenvalue weighted by molar-refractivity contribution is 7.90. The normalized spacial score (nSPS) is 14.7. The summed E-state index contributed by atoms with van der Waals surface area (Å²) in [6.45, 7) is 2.14. The van der Waals surface area contributed by atoms with Crippen molar-refractivity contribution in [1.29, 1.82) is 0 Å². The summed E-state index contributed by atoms with van der Waals surface area (Å²) in [5, 5.41) is 3.10. The molecule has 0 bridgehead atoms. The minimum Gasteiger partial charge on any atom is -0.352 e. The third-order valence-electron chi connectivity index (χ3n) is 5.36. The lowest BCUT2D eigenvalue weighted by atomic mass is 9.92. The number of halogens is 1. The average molecular weight is 463 g/mol. The Morgan fingerprint density at radius 3 is 2.24 bits per heavy atom. The summed E-state index contributed by atoms with van der Waals surface area (Å²) in [6.07, 6.45) is 4.65. The van der Waals surface area contributed by atoms with Crippen LogP contribution in [-0.2, 0) is 16.4 Å². The van der Waals surface area contributed by atoms with E-state index in [1.54, 1.807) is 24.3 Å². The number of benzene rings is 3. The molecule has 168 valence electrons. The van der Waals surface area contributed by atoms with Crippen LogP contribution in [0, 0.1) is 5.82 Å². The third kappa shape index (κ3) is 5.09. The van der Waals surface area contributed by atoms with Crippen LogP contribution >= 0.6 is 0 Å². The fourth-order valence-corrected chi connectivity index (χ4v) is 4.57. The SMILES string of the molecule is CCCCc1ccc(NC2=CC(=NS(=O)(=O)c3ccc(F)cc3)c3ccccc3C2=O)cc1. The van der Waals surface area contributed by atoms with Gasteiger partial charge in [0, 0.05) is 16.8 Å². The van der Waals surface area contributed by atoms with Crippen molar-refractivity contribution in [3.63, 3.8) is 0 Å². The van der Waals surface area contributed by atoms with Crippen LogP contribution in [0.2, 0.25) is 0 Å². The number of fused-ring (bicyclic) bond motifs is 1. The Hall–Kier alpha value is -3.58. The van der Waals surface area contributed by atoms with Gasteiger partial charge in [-0.1, -0.05) is 49.7 Å². The fraction of sp³-hybridized carbons (Fsp3) is 0.154. The molecular weight excluding hydrogens is 439 g/mol. The van der Waals surface area contributed by atoms with Crippen LogP contribution in [0.3, 0.4) is 0 Å².